The smallest absolute Gasteiger partial charge is 0.122 e. The van der Waals surface area contributed by atoms with Crippen molar-refractivity contribution in [1.82, 2.24) is 0 Å². The summed E-state index contributed by atoms with van der Waals surface area (Å²) in [5.41, 5.74) is 2.78. The zero-order chi connectivity index (χ0) is 18.5. The van der Waals surface area contributed by atoms with Gasteiger partial charge in [-0.2, -0.15) is 0 Å². The summed E-state index contributed by atoms with van der Waals surface area (Å²) >= 11 is 0. The molecule has 0 aliphatic carbocycles. The maximum absolute atomic E-state index is 5.73. The predicted octanol–water partition coefficient (Wildman–Crippen LogP) is 6.42. The first-order chi connectivity index (χ1) is 12.6. The van der Waals surface area contributed by atoms with Gasteiger partial charge in [0.05, 0.1) is 13.2 Å². The summed E-state index contributed by atoms with van der Waals surface area (Å²) in [6, 6.07) is 16.8. The molecule has 2 atom stereocenters. The number of hydrogen-bond acceptors (Lipinski definition) is 2. The highest BCUT2D eigenvalue weighted by Gasteiger charge is 2.25. The van der Waals surface area contributed by atoms with Gasteiger partial charge in [-0.3, -0.25) is 0 Å². The molecule has 2 heteroatoms. The minimum atomic E-state index is 0.598. The molecule has 0 saturated carbocycles. The van der Waals surface area contributed by atoms with Crippen LogP contribution in [0.3, 0.4) is 0 Å². The molecular weight excluding hydrogens is 320 g/mol. The Kier molecular flexibility index (Phi) is 6.24. The van der Waals surface area contributed by atoms with Gasteiger partial charge < -0.3 is 9.47 Å². The lowest BCUT2D eigenvalue weighted by molar-refractivity contribution is 0.304. The van der Waals surface area contributed by atoms with Crippen LogP contribution in [0.25, 0.3) is 0 Å². The average Bonchev–Trinajstić information content (AvgIpc) is 2.95. The van der Waals surface area contributed by atoms with Gasteiger partial charge in [-0.1, -0.05) is 64.1 Å². The first kappa shape index (κ1) is 18.8. The zero-order valence-corrected chi connectivity index (χ0v) is 16.6. The minimum Gasteiger partial charge on any atom is -0.493 e. The second-order valence-corrected chi connectivity index (χ2v) is 8.08. The van der Waals surface area contributed by atoms with Gasteiger partial charge in [0.2, 0.25) is 0 Å². The molecule has 2 aliphatic rings. The number of hydrogen-bond donors (Lipinski definition) is 0. The van der Waals surface area contributed by atoms with Crippen LogP contribution in [0.1, 0.15) is 63.5 Å². The molecule has 0 amide bonds. The van der Waals surface area contributed by atoms with Gasteiger partial charge in [-0.25, -0.2) is 0 Å². The van der Waals surface area contributed by atoms with Crippen LogP contribution in [0.15, 0.2) is 48.5 Å². The molecule has 0 aromatic heterocycles. The van der Waals surface area contributed by atoms with E-state index in [0.29, 0.717) is 23.7 Å². The summed E-state index contributed by atoms with van der Waals surface area (Å²) in [7, 11) is 0. The maximum atomic E-state index is 5.73. The first-order valence-electron chi connectivity index (χ1n) is 10.0. The Balaban J connectivity index is 0.000000152. The Bertz CT molecular complexity index is 705. The lowest BCUT2D eigenvalue weighted by atomic mass is 9.85. The van der Waals surface area contributed by atoms with Crippen LogP contribution in [0.5, 0.6) is 11.5 Å². The van der Waals surface area contributed by atoms with E-state index in [1.165, 1.54) is 24.0 Å². The van der Waals surface area contributed by atoms with Crippen molar-refractivity contribution in [3.63, 3.8) is 0 Å². The summed E-state index contributed by atoms with van der Waals surface area (Å²) in [5.74, 6) is 4.83. The second-order valence-electron chi connectivity index (χ2n) is 8.08. The molecule has 2 nitrogen and oxygen atoms in total. The predicted molar refractivity (Wildman–Crippen MR) is 108 cm³/mol. The quantitative estimate of drug-likeness (QED) is 0.621. The molecule has 2 unspecified atom stereocenters. The van der Waals surface area contributed by atoms with Gasteiger partial charge in [0.15, 0.2) is 0 Å². The van der Waals surface area contributed by atoms with Crippen molar-refractivity contribution in [2.75, 3.05) is 13.2 Å². The lowest BCUT2D eigenvalue weighted by Gasteiger charge is -2.19. The second kappa shape index (κ2) is 8.62. The third kappa shape index (κ3) is 4.23. The zero-order valence-electron chi connectivity index (χ0n) is 16.6. The number of benzene rings is 2. The van der Waals surface area contributed by atoms with Gasteiger partial charge in [0.25, 0.3) is 0 Å². The van der Waals surface area contributed by atoms with Crippen molar-refractivity contribution in [2.45, 2.75) is 52.4 Å². The van der Waals surface area contributed by atoms with E-state index in [1.807, 2.05) is 6.07 Å². The van der Waals surface area contributed by atoms with Gasteiger partial charge in [-0.05, 0) is 48.3 Å². The average molecular weight is 353 g/mol. The van der Waals surface area contributed by atoms with Crippen LogP contribution in [-0.4, -0.2) is 13.2 Å². The fourth-order valence-corrected chi connectivity index (χ4v) is 3.99. The van der Waals surface area contributed by atoms with E-state index in [0.717, 1.165) is 24.7 Å². The van der Waals surface area contributed by atoms with Crippen LogP contribution in [0.2, 0.25) is 0 Å². The number of ether oxygens (including phenoxy) is 2. The highest BCUT2D eigenvalue weighted by molar-refractivity contribution is 5.40. The lowest BCUT2D eigenvalue weighted by Crippen LogP contribution is -2.07. The maximum Gasteiger partial charge on any atom is 0.122 e. The number of para-hydroxylation sites is 2. The summed E-state index contributed by atoms with van der Waals surface area (Å²) in [6.45, 7) is 10.8. The topological polar surface area (TPSA) is 18.5 Å². The first-order valence-corrected chi connectivity index (χ1v) is 10.0. The molecule has 140 valence electrons. The molecule has 0 saturated heterocycles. The SMILES string of the molecule is CC(C)C1CCCOc2ccccc21.CC(C)C1COc2ccccc21. The van der Waals surface area contributed by atoms with Crippen LogP contribution in [0.4, 0.5) is 0 Å². The Labute approximate surface area is 158 Å². The Morgan fingerprint density at radius 2 is 1.27 bits per heavy atom. The van der Waals surface area contributed by atoms with Crippen molar-refractivity contribution < 1.29 is 9.47 Å². The van der Waals surface area contributed by atoms with Crippen LogP contribution >= 0.6 is 0 Å². The van der Waals surface area contributed by atoms with E-state index in [4.69, 9.17) is 9.47 Å². The number of fused-ring (bicyclic) bond motifs is 2. The number of rotatable bonds is 2. The molecule has 0 N–H and O–H groups in total. The molecule has 0 fully saturated rings. The van der Waals surface area contributed by atoms with Crippen LogP contribution in [0, 0.1) is 11.8 Å². The fraction of sp³-hybridized carbons (Fsp3) is 0.500. The van der Waals surface area contributed by atoms with Crippen molar-refractivity contribution in [1.29, 1.82) is 0 Å². The van der Waals surface area contributed by atoms with Gasteiger partial charge in [-0.15, -0.1) is 0 Å². The monoisotopic (exact) mass is 352 g/mol. The summed E-state index contributed by atoms with van der Waals surface area (Å²) < 4.78 is 11.3. The van der Waals surface area contributed by atoms with Crippen LogP contribution in [-0.2, 0) is 0 Å². The molecule has 26 heavy (non-hydrogen) atoms. The molecule has 2 aliphatic heterocycles. The van der Waals surface area contributed by atoms with E-state index in [9.17, 15) is 0 Å². The Morgan fingerprint density at radius 3 is 1.88 bits per heavy atom. The van der Waals surface area contributed by atoms with Crippen molar-refractivity contribution >= 4 is 0 Å². The standard InChI is InChI=1S/C13H18O.C11H14O/c1-10(2)11-7-5-9-14-13-8-4-3-6-12(11)13;1-8(2)10-7-12-11-6-4-3-5-9(10)11/h3-4,6,8,10-11H,5,7,9H2,1-2H3;3-6,8,10H,7H2,1-2H3. The Hall–Kier alpha value is -1.96. The molecular formula is C24H32O2. The molecule has 2 aromatic rings. The van der Waals surface area contributed by atoms with E-state index in [-0.39, 0.29) is 0 Å². The van der Waals surface area contributed by atoms with E-state index in [2.05, 4.69) is 70.2 Å². The Morgan fingerprint density at radius 1 is 0.731 bits per heavy atom. The van der Waals surface area contributed by atoms with Crippen LogP contribution < -0.4 is 9.47 Å². The molecule has 2 aromatic carbocycles. The van der Waals surface area contributed by atoms with E-state index >= 15 is 0 Å². The fourth-order valence-electron chi connectivity index (χ4n) is 3.99. The van der Waals surface area contributed by atoms with Gasteiger partial charge in [0.1, 0.15) is 11.5 Å². The normalized spacial score (nSPS) is 21.0. The third-order valence-corrected chi connectivity index (χ3v) is 5.58. The van der Waals surface area contributed by atoms with Gasteiger partial charge in [0, 0.05) is 11.5 Å². The van der Waals surface area contributed by atoms with Crippen molar-refractivity contribution in [2.24, 2.45) is 11.8 Å². The molecule has 0 bridgehead atoms. The highest BCUT2D eigenvalue weighted by Crippen LogP contribution is 2.38. The highest BCUT2D eigenvalue weighted by atomic mass is 16.5. The van der Waals surface area contributed by atoms with Crippen molar-refractivity contribution in [3.05, 3.63) is 59.7 Å². The third-order valence-electron chi connectivity index (χ3n) is 5.58. The largest absolute Gasteiger partial charge is 0.493 e. The molecule has 0 spiro atoms. The molecule has 2 heterocycles. The summed E-state index contributed by atoms with van der Waals surface area (Å²) in [4.78, 5) is 0. The van der Waals surface area contributed by atoms with E-state index < -0.39 is 0 Å². The van der Waals surface area contributed by atoms with E-state index in [1.54, 1.807) is 0 Å². The minimum absolute atomic E-state index is 0.598. The summed E-state index contributed by atoms with van der Waals surface area (Å²) in [6.07, 6.45) is 2.44. The van der Waals surface area contributed by atoms with Crippen molar-refractivity contribution in [3.8, 4) is 11.5 Å². The molecule has 4 rings (SSSR count). The molecule has 0 radical (unpaired) electrons. The van der Waals surface area contributed by atoms with Gasteiger partial charge >= 0.3 is 0 Å². The summed E-state index contributed by atoms with van der Waals surface area (Å²) in [5, 5.41) is 0.